The standard InChI is InChI=1S/C32H35F3N8O2/c1-45-28-15-23(43-13-9-22(10-14-43)42-11-7-20(17-36)8-12-42)5-6-27(28)40-31-38-19-25(32(33,34)35)30(41-31)37-18-21-3-2-4-26-24(21)16-29(44)39-26/h2-6,15,19-20,22H,7-14,16,18H2,1H3,(H,39,44)(H2,37,38,40,41). The number of alkyl halides is 3. The van der Waals surface area contributed by atoms with Gasteiger partial charge in [0.2, 0.25) is 11.9 Å². The lowest BCUT2D eigenvalue weighted by atomic mass is 9.94. The van der Waals surface area contributed by atoms with E-state index in [-0.39, 0.29) is 36.6 Å². The molecule has 0 saturated carbocycles. The summed E-state index contributed by atoms with van der Waals surface area (Å²) in [4.78, 5) is 24.8. The van der Waals surface area contributed by atoms with Gasteiger partial charge in [-0.3, -0.25) is 4.79 Å². The van der Waals surface area contributed by atoms with Crippen LogP contribution in [0.25, 0.3) is 0 Å². The third-order valence-electron chi connectivity index (χ3n) is 8.91. The molecule has 6 rings (SSSR count). The SMILES string of the molecule is COc1cc(N2CCC(N3CCC(C#N)CC3)CC2)ccc1Nc1ncc(C(F)(F)F)c(NCc2cccc3c2CC(=O)N3)n1. The Bertz CT molecular complexity index is 1590. The van der Waals surface area contributed by atoms with Crippen molar-refractivity contribution in [3.8, 4) is 11.8 Å². The molecule has 4 heterocycles. The third-order valence-corrected chi connectivity index (χ3v) is 8.91. The average Bonchev–Trinajstić information content (AvgIpc) is 3.44. The summed E-state index contributed by atoms with van der Waals surface area (Å²) in [6.45, 7) is 3.79. The van der Waals surface area contributed by atoms with E-state index in [1.165, 1.54) is 0 Å². The fourth-order valence-electron chi connectivity index (χ4n) is 6.43. The molecule has 0 atom stereocenters. The highest BCUT2D eigenvalue weighted by Crippen LogP contribution is 2.37. The predicted molar refractivity (Wildman–Crippen MR) is 165 cm³/mol. The van der Waals surface area contributed by atoms with Gasteiger partial charge in [0.1, 0.15) is 17.1 Å². The number of amides is 1. The van der Waals surface area contributed by atoms with Gasteiger partial charge >= 0.3 is 6.18 Å². The molecule has 1 amide bonds. The molecule has 10 nitrogen and oxygen atoms in total. The zero-order chi connectivity index (χ0) is 31.6. The molecule has 0 aliphatic carbocycles. The maximum Gasteiger partial charge on any atom is 0.421 e. The summed E-state index contributed by atoms with van der Waals surface area (Å²) < 4.78 is 47.3. The highest BCUT2D eigenvalue weighted by atomic mass is 19.4. The lowest BCUT2D eigenvalue weighted by Crippen LogP contribution is -2.47. The third kappa shape index (κ3) is 6.76. The van der Waals surface area contributed by atoms with E-state index in [0.717, 1.165) is 69.3 Å². The monoisotopic (exact) mass is 620 g/mol. The molecular formula is C32H35F3N8O2. The minimum Gasteiger partial charge on any atom is -0.494 e. The molecule has 45 heavy (non-hydrogen) atoms. The Morgan fingerprint density at radius 1 is 1.11 bits per heavy atom. The van der Waals surface area contributed by atoms with Gasteiger partial charge in [0.25, 0.3) is 0 Å². The Morgan fingerprint density at radius 2 is 1.89 bits per heavy atom. The number of hydrogen-bond donors (Lipinski definition) is 3. The van der Waals surface area contributed by atoms with Crippen LogP contribution in [0.15, 0.2) is 42.6 Å². The molecule has 236 valence electrons. The number of ether oxygens (including phenoxy) is 1. The molecule has 0 radical (unpaired) electrons. The van der Waals surface area contributed by atoms with Crippen LogP contribution in [0.1, 0.15) is 42.4 Å². The lowest BCUT2D eigenvalue weighted by Gasteiger charge is -2.41. The summed E-state index contributed by atoms with van der Waals surface area (Å²) in [5.74, 6) is 0.151. The van der Waals surface area contributed by atoms with Gasteiger partial charge in [-0.05, 0) is 68.1 Å². The van der Waals surface area contributed by atoms with Crippen LogP contribution >= 0.6 is 0 Å². The largest absolute Gasteiger partial charge is 0.494 e. The van der Waals surface area contributed by atoms with Crippen molar-refractivity contribution in [2.24, 2.45) is 5.92 Å². The van der Waals surface area contributed by atoms with Crippen LogP contribution in [-0.4, -0.2) is 60.1 Å². The zero-order valence-electron chi connectivity index (χ0n) is 25.0. The van der Waals surface area contributed by atoms with E-state index in [1.807, 2.05) is 18.2 Å². The van der Waals surface area contributed by atoms with Crippen molar-refractivity contribution in [3.63, 3.8) is 0 Å². The van der Waals surface area contributed by atoms with E-state index in [2.05, 4.69) is 41.8 Å². The molecule has 13 heteroatoms. The number of anilines is 5. The number of fused-ring (bicyclic) bond motifs is 1. The molecule has 3 aliphatic heterocycles. The molecule has 0 unspecified atom stereocenters. The van der Waals surface area contributed by atoms with Gasteiger partial charge < -0.3 is 30.5 Å². The fourth-order valence-corrected chi connectivity index (χ4v) is 6.43. The van der Waals surface area contributed by atoms with Crippen molar-refractivity contribution >= 4 is 34.7 Å². The normalized spacial score (nSPS) is 17.8. The van der Waals surface area contributed by atoms with E-state index < -0.39 is 11.7 Å². The van der Waals surface area contributed by atoms with E-state index in [4.69, 9.17) is 4.74 Å². The number of rotatable bonds is 8. The Hall–Kier alpha value is -4.57. The van der Waals surface area contributed by atoms with Gasteiger partial charge in [-0.2, -0.15) is 23.4 Å². The summed E-state index contributed by atoms with van der Waals surface area (Å²) >= 11 is 0. The van der Waals surface area contributed by atoms with Crippen LogP contribution in [0.4, 0.5) is 42.0 Å². The Morgan fingerprint density at radius 3 is 2.60 bits per heavy atom. The first-order valence-electron chi connectivity index (χ1n) is 15.1. The first kappa shape index (κ1) is 30.5. The van der Waals surface area contributed by atoms with Crippen molar-refractivity contribution in [2.45, 2.75) is 50.9 Å². The second kappa shape index (κ2) is 12.8. The number of methoxy groups -OCH3 is 1. The van der Waals surface area contributed by atoms with E-state index in [1.54, 1.807) is 25.3 Å². The maximum atomic E-state index is 13.9. The van der Waals surface area contributed by atoms with Gasteiger partial charge in [0, 0.05) is 55.2 Å². The van der Waals surface area contributed by atoms with Gasteiger partial charge in [0.15, 0.2) is 0 Å². The molecular weight excluding hydrogens is 585 g/mol. The van der Waals surface area contributed by atoms with Gasteiger partial charge in [-0.15, -0.1) is 0 Å². The number of likely N-dealkylation sites (tertiary alicyclic amines) is 1. The molecule has 2 aromatic carbocycles. The zero-order valence-corrected chi connectivity index (χ0v) is 25.0. The number of aromatic nitrogens is 2. The van der Waals surface area contributed by atoms with Crippen molar-refractivity contribution in [1.29, 1.82) is 5.26 Å². The number of nitrogens with one attached hydrogen (secondary N) is 3. The minimum absolute atomic E-state index is 0.0207. The molecule has 1 aromatic heterocycles. The molecule has 3 N–H and O–H groups in total. The van der Waals surface area contributed by atoms with Crippen LogP contribution in [0.2, 0.25) is 0 Å². The number of hydrogen-bond acceptors (Lipinski definition) is 9. The van der Waals surface area contributed by atoms with Crippen LogP contribution in [-0.2, 0) is 23.9 Å². The van der Waals surface area contributed by atoms with E-state index in [9.17, 15) is 23.2 Å². The molecule has 3 aliphatic rings. The number of nitrogens with zero attached hydrogens (tertiary/aromatic N) is 5. The number of nitriles is 1. The molecule has 0 spiro atoms. The molecule has 2 fully saturated rings. The van der Waals surface area contributed by atoms with Gasteiger partial charge in [-0.1, -0.05) is 12.1 Å². The Labute approximate surface area is 259 Å². The van der Waals surface area contributed by atoms with E-state index in [0.29, 0.717) is 28.7 Å². The molecule has 0 bridgehead atoms. The van der Waals surface area contributed by atoms with Crippen LogP contribution in [0, 0.1) is 17.2 Å². The first-order valence-corrected chi connectivity index (χ1v) is 15.1. The van der Waals surface area contributed by atoms with Crippen LogP contribution in [0.5, 0.6) is 5.75 Å². The Balaban J connectivity index is 1.14. The van der Waals surface area contributed by atoms with Crippen LogP contribution < -0.4 is 25.6 Å². The summed E-state index contributed by atoms with van der Waals surface area (Å²) in [6.07, 6.45) is 0.212. The van der Waals surface area contributed by atoms with Crippen molar-refractivity contribution in [1.82, 2.24) is 14.9 Å². The predicted octanol–water partition coefficient (Wildman–Crippen LogP) is 5.56. The molecule has 3 aromatic rings. The Kier molecular flexibility index (Phi) is 8.67. The smallest absolute Gasteiger partial charge is 0.421 e. The molecule has 2 saturated heterocycles. The minimum atomic E-state index is -4.67. The van der Waals surface area contributed by atoms with Crippen LogP contribution in [0.3, 0.4) is 0 Å². The van der Waals surface area contributed by atoms with Gasteiger partial charge in [0.05, 0.1) is 25.3 Å². The quantitative estimate of drug-likeness (QED) is 0.298. The number of benzene rings is 2. The number of piperidine rings is 2. The maximum absolute atomic E-state index is 13.9. The highest BCUT2D eigenvalue weighted by molar-refractivity contribution is 5.99. The topological polar surface area (TPSA) is 118 Å². The second-order valence-electron chi connectivity index (χ2n) is 11.6. The van der Waals surface area contributed by atoms with Gasteiger partial charge in [-0.25, -0.2) is 4.98 Å². The number of halogens is 3. The average molecular weight is 621 g/mol. The first-order chi connectivity index (χ1) is 21.7. The second-order valence-corrected chi connectivity index (χ2v) is 11.6. The van der Waals surface area contributed by atoms with Crippen molar-refractivity contribution in [2.75, 3.05) is 54.1 Å². The number of carbonyl (C=O) groups is 1. The highest BCUT2D eigenvalue weighted by Gasteiger charge is 2.35. The summed E-state index contributed by atoms with van der Waals surface area (Å²) in [5.41, 5.74) is 2.65. The lowest BCUT2D eigenvalue weighted by molar-refractivity contribution is -0.137. The van der Waals surface area contributed by atoms with Crippen molar-refractivity contribution in [3.05, 3.63) is 59.3 Å². The summed E-state index contributed by atoms with van der Waals surface area (Å²) in [5, 5.41) is 17.8. The summed E-state index contributed by atoms with van der Waals surface area (Å²) in [7, 11) is 1.54. The fraction of sp³-hybridized carbons (Fsp3) is 0.438. The number of carbonyl (C=O) groups excluding carboxylic acids is 1. The summed E-state index contributed by atoms with van der Waals surface area (Å²) in [6, 6.07) is 13.9. The van der Waals surface area contributed by atoms with E-state index >= 15 is 0 Å². The van der Waals surface area contributed by atoms with Crippen molar-refractivity contribution < 1.29 is 22.7 Å².